The molecule has 0 aliphatic rings. The fourth-order valence-corrected chi connectivity index (χ4v) is 1.13. The summed E-state index contributed by atoms with van der Waals surface area (Å²) >= 11 is 0. The maximum Gasteiger partial charge on any atom is 0.406 e. The maximum absolute atomic E-state index is 12.0. The highest BCUT2D eigenvalue weighted by atomic mass is 19.4. The van der Waals surface area contributed by atoms with E-state index in [4.69, 9.17) is 10.2 Å². The quantitative estimate of drug-likeness (QED) is 0.659. The molecule has 110 valence electrons. The summed E-state index contributed by atoms with van der Waals surface area (Å²) in [4.78, 5) is 32.5. The van der Waals surface area contributed by atoms with Crippen LogP contribution in [0.1, 0.15) is 12.8 Å². The molecule has 1 atom stereocenters. The van der Waals surface area contributed by atoms with Crippen LogP contribution in [0.15, 0.2) is 0 Å². The van der Waals surface area contributed by atoms with Gasteiger partial charge in [-0.1, -0.05) is 0 Å². The number of hydrogen-bond acceptors (Lipinski definition) is 3. The third-order valence-corrected chi connectivity index (χ3v) is 2.01. The smallest absolute Gasteiger partial charge is 0.406 e. The van der Waals surface area contributed by atoms with Gasteiger partial charge in [0.1, 0.15) is 12.6 Å². The molecule has 0 aromatic carbocycles. The summed E-state index contributed by atoms with van der Waals surface area (Å²) in [6.07, 6.45) is -5.55. The molecule has 0 bridgehead atoms. The summed E-state index contributed by atoms with van der Waals surface area (Å²) in [5, 5.41) is 18.9. The largest absolute Gasteiger partial charge is 0.481 e. The van der Waals surface area contributed by atoms with Crippen LogP contribution in [0.2, 0.25) is 0 Å². The molecule has 0 spiro atoms. The van der Waals surface area contributed by atoms with E-state index in [-0.39, 0.29) is 4.90 Å². The number of nitrogens with zero attached hydrogens (tertiary/aromatic N) is 1. The highest BCUT2D eigenvalue weighted by Crippen LogP contribution is 2.15. The summed E-state index contributed by atoms with van der Waals surface area (Å²) < 4.78 is 36.0. The lowest BCUT2D eigenvalue weighted by Gasteiger charge is -2.22. The zero-order valence-corrected chi connectivity index (χ0v) is 9.90. The average Bonchev–Trinajstić information content (AvgIpc) is 2.20. The summed E-state index contributed by atoms with van der Waals surface area (Å²) in [7, 11) is 0.846. The Bertz CT molecular complexity index is 358. The lowest BCUT2D eigenvalue weighted by Crippen LogP contribution is -2.49. The number of carboxylic acids is 2. The van der Waals surface area contributed by atoms with Crippen LogP contribution in [0.3, 0.4) is 0 Å². The Labute approximate surface area is 106 Å². The molecule has 0 heterocycles. The molecule has 0 saturated heterocycles. The molecule has 0 aliphatic carbocycles. The summed E-state index contributed by atoms with van der Waals surface area (Å²) in [5.74, 6) is -2.79. The molecule has 10 heteroatoms. The van der Waals surface area contributed by atoms with Gasteiger partial charge in [-0.05, 0) is 6.42 Å². The first-order chi connectivity index (χ1) is 8.53. The second-order valence-corrected chi connectivity index (χ2v) is 3.74. The topological polar surface area (TPSA) is 107 Å². The van der Waals surface area contributed by atoms with Crippen LogP contribution in [0.4, 0.5) is 18.0 Å². The maximum atomic E-state index is 12.0. The average molecular weight is 286 g/mol. The minimum absolute atomic E-state index is 0.261. The standard InChI is InChI=1S/C9H13F3N2O5/c1-14(4-9(10,11)12)8(19)13-5(7(17)18)2-3-6(15)16/h5H,2-4H2,1H3,(H,13,19)(H,15,16)(H,17,18)/t5-/m0/s1. The Hall–Kier alpha value is -2.00. The van der Waals surface area contributed by atoms with Crippen molar-refractivity contribution in [2.75, 3.05) is 13.6 Å². The lowest BCUT2D eigenvalue weighted by molar-refractivity contribution is -0.140. The molecule has 0 aromatic rings. The first-order valence-corrected chi connectivity index (χ1v) is 5.06. The number of rotatable bonds is 6. The number of alkyl halides is 3. The number of halogens is 3. The molecular weight excluding hydrogens is 273 g/mol. The number of hydrogen-bond donors (Lipinski definition) is 3. The Balaban J connectivity index is 4.46. The van der Waals surface area contributed by atoms with Gasteiger partial charge >= 0.3 is 24.1 Å². The fourth-order valence-electron chi connectivity index (χ4n) is 1.13. The van der Waals surface area contributed by atoms with Gasteiger partial charge in [-0.15, -0.1) is 0 Å². The van der Waals surface area contributed by atoms with E-state index in [9.17, 15) is 27.6 Å². The minimum Gasteiger partial charge on any atom is -0.481 e. The van der Waals surface area contributed by atoms with E-state index in [0.717, 1.165) is 7.05 Å². The van der Waals surface area contributed by atoms with Crippen molar-refractivity contribution in [1.82, 2.24) is 10.2 Å². The lowest BCUT2D eigenvalue weighted by atomic mass is 10.1. The number of nitrogens with one attached hydrogen (secondary N) is 1. The first-order valence-electron chi connectivity index (χ1n) is 5.06. The van der Waals surface area contributed by atoms with E-state index in [0.29, 0.717) is 0 Å². The van der Waals surface area contributed by atoms with Crippen LogP contribution < -0.4 is 5.32 Å². The Morgan fingerprint density at radius 1 is 1.26 bits per heavy atom. The molecule has 7 nitrogen and oxygen atoms in total. The Morgan fingerprint density at radius 2 is 1.79 bits per heavy atom. The molecule has 2 amide bonds. The van der Waals surface area contributed by atoms with Crippen molar-refractivity contribution in [3.63, 3.8) is 0 Å². The Kier molecular flexibility index (Phi) is 6.09. The number of amides is 2. The van der Waals surface area contributed by atoms with Crippen molar-refractivity contribution in [3.05, 3.63) is 0 Å². The highest BCUT2D eigenvalue weighted by molar-refractivity contribution is 5.83. The molecule has 0 aromatic heterocycles. The van der Waals surface area contributed by atoms with Crippen LogP contribution in [0, 0.1) is 0 Å². The third-order valence-electron chi connectivity index (χ3n) is 2.01. The van der Waals surface area contributed by atoms with Crippen molar-refractivity contribution in [2.45, 2.75) is 25.1 Å². The molecular formula is C9H13F3N2O5. The van der Waals surface area contributed by atoms with Crippen LogP contribution in [-0.2, 0) is 9.59 Å². The van der Waals surface area contributed by atoms with Gasteiger partial charge in [0.15, 0.2) is 0 Å². The third kappa shape index (κ3) is 7.84. The number of aliphatic carboxylic acids is 2. The fraction of sp³-hybridized carbons (Fsp3) is 0.667. The highest BCUT2D eigenvalue weighted by Gasteiger charge is 2.32. The second kappa shape index (κ2) is 6.81. The van der Waals surface area contributed by atoms with E-state index in [1.54, 1.807) is 0 Å². The van der Waals surface area contributed by atoms with Gasteiger partial charge in [0.05, 0.1) is 0 Å². The van der Waals surface area contributed by atoms with Crippen LogP contribution in [-0.4, -0.2) is 58.9 Å². The normalized spacial score (nSPS) is 12.6. The van der Waals surface area contributed by atoms with Gasteiger partial charge < -0.3 is 20.4 Å². The minimum atomic E-state index is -4.61. The zero-order chi connectivity index (χ0) is 15.2. The van der Waals surface area contributed by atoms with Crippen molar-refractivity contribution < 1.29 is 37.8 Å². The molecule has 0 unspecified atom stereocenters. The molecule has 0 fully saturated rings. The van der Waals surface area contributed by atoms with Crippen LogP contribution >= 0.6 is 0 Å². The van der Waals surface area contributed by atoms with Crippen molar-refractivity contribution in [2.24, 2.45) is 0 Å². The van der Waals surface area contributed by atoms with E-state index in [1.807, 2.05) is 5.32 Å². The summed E-state index contributed by atoms with van der Waals surface area (Å²) in [5.41, 5.74) is 0. The number of urea groups is 1. The number of carbonyl (C=O) groups excluding carboxylic acids is 1. The Morgan fingerprint density at radius 3 is 2.16 bits per heavy atom. The van der Waals surface area contributed by atoms with Gasteiger partial charge in [0.2, 0.25) is 0 Å². The van der Waals surface area contributed by atoms with E-state index in [2.05, 4.69) is 0 Å². The second-order valence-electron chi connectivity index (χ2n) is 3.74. The van der Waals surface area contributed by atoms with Crippen LogP contribution in [0.25, 0.3) is 0 Å². The van der Waals surface area contributed by atoms with Crippen LogP contribution in [0.5, 0.6) is 0 Å². The van der Waals surface area contributed by atoms with Crippen molar-refractivity contribution >= 4 is 18.0 Å². The molecule has 19 heavy (non-hydrogen) atoms. The first kappa shape index (κ1) is 17.0. The number of carbonyl (C=O) groups is 3. The van der Waals surface area contributed by atoms with E-state index >= 15 is 0 Å². The van der Waals surface area contributed by atoms with Gasteiger partial charge in [-0.2, -0.15) is 13.2 Å². The monoisotopic (exact) mass is 286 g/mol. The van der Waals surface area contributed by atoms with Crippen molar-refractivity contribution in [3.8, 4) is 0 Å². The predicted octanol–water partition coefficient (Wildman–Crippen LogP) is 0.508. The molecule has 0 radical (unpaired) electrons. The summed E-state index contributed by atoms with van der Waals surface area (Å²) in [6, 6.07) is -2.80. The predicted molar refractivity (Wildman–Crippen MR) is 55.5 cm³/mol. The van der Waals surface area contributed by atoms with E-state index in [1.165, 1.54) is 0 Å². The van der Waals surface area contributed by atoms with E-state index < -0.39 is 49.6 Å². The molecule has 0 aliphatic heterocycles. The van der Waals surface area contributed by atoms with Gasteiger partial charge in [-0.25, -0.2) is 9.59 Å². The SMILES string of the molecule is CN(CC(F)(F)F)C(=O)N[C@@H](CCC(=O)O)C(=O)O. The molecule has 0 rings (SSSR count). The summed E-state index contributed by atoms with van der Waals surface area (Å²) in [6.45, 7) is -1.54. The van der Waals surface area contributed by atoms with Gasteiger partial charge in [0.25, 0.3) is 0 Å². The molecule has 3 N–H and O–H groups in total. The number of carboxylic acid groups (broad SMARTS) is 2. The van der Waals surface area contributed by atoms with Crippen molar-refractivity contribution in [1.29, 1.82) is 0 Å². The van der Waals surface area contributed by atoms with Gasteiger partial charge in [-0.3, -0.25) is 4.79 Å². The van der Waals surface area contributed by atoms with Gasteiger partial charge in [0, 0.05) is 13.5 Å². The zero-order valence-electron chi connectivity index (χ0n) is 9.90. The molecule has 0 saturated carbocycles.